The highest BCUT2D eigenvalue weighted by atomic mass is 16.6. The molecule has 2 aromatic carbocycles. The molecule has 2 aromatic rings. The molecule has 0 saturated carbocycles. The Labute approximate surface area is 167 Å². The number of anilines is 1. The van der Waals surface area contributed by atoms with Gasteiger partial charge in [0.1, 0.15) is 17.2 Å². The average molecular weight is 402 g/mol. The molecule has 0 saturated heterocycles. The van der Waals surface area contributed by atoms with Crippen molar-refractivity contribution in [3.63, 3.8) is 0 Å². The molecule has 1 N–H and O–H groups in total. The van der Waals surface area contributed by atoms with Crippen LogP contribution in [0.2, 0.25) is 0 Å². The number of aryl methyl sites for hydroxylation is 2. The summed E-state index contributed by atoms with van der Waals surface area (Å²) < 4.78 is 15.3. The Morgan fingerprint density at radius 3 is 2.41 bits per heavy atom. The van der Waals surface area contributed by atoms with Gasteiger partial charge in [-0.1, -0.05) is 6.07 Å². The highest BCUT2D eigenvalue weighted by Crippen LogP contribution is 2.29. The van der Waals surface area contributed by atoms with Crippen LogP contribution >= 0.6 is 0 Å². The predicted octanol–water partition coefficient (Wildman–Crippen LogP) is 3.17. The van der Waals surface area contributed by atoms with Gasteiger partial charge in [0.25, 0.3) is 11.6 Å². The van der Waals surface area contributed by atoms with Gasteiger partial charge in [0.15, 0.2) is 12.7 Å². The van der Waals surface area contributed by atoms with E-state index in [0.29, 0.717) is 5.75 Å². The summed E-state index contributed by atoms with van der Waals surface area (Å²) in [5, 5.41) is 13.6. The Bertz CT molecular complexity index is 927. The summed E-state index contributed by atoms with van der Waals surface area (Å²) in [6.07, 6.45) is -1.17. The number of amides is 1. The van der Waals surface area contributed by atoms with E-state index in [4.69, 9.17) is 14.2 Å². The number of nitro groups is 1. The standard InChI is InChI=1S/C20H22N2O7/c1-12-5-6-16(9-13(12)2)28-11-19(23)29-14(3)20(24)21-17-8-7-15(27-4)10-18(17)22(25)26/h5-10,14H,11H2,1-4H3,(H,21,24). The van der Waals surface area contributed by atoms with Crippen LogP contribution in [-0.4, -0.2) is 36.6 Å². The molecule has 154 valence electrons. The van der Waals surface area contributed by atoms with Gasteiger partial charge in [0.05, 0.1) is 18.1 Å². The maximum absolute atomic E-state index is 12.3. The number of nitrogens with zero attached hydrogens (tertiary/aromatic N) is 1. The Morgan fingerprint density at radius 2 is 1.79 bits per heavy atom. The highest BCUT2D eigenvalue weighted by Gasteiger charge is 2.22. The summed E-state index contributed by atoms with van der Waals surface area (Å²) in [4.78, 5) is 34.7. The maximum Gasteiger partial charge on any atom is 0.344 e. The second kappa shape index (κ2) is 9.54. The average Bonchev–Trinajstić information content (AvgIpc) is 2.68. The summed E-state index contributed by atoms with van der Waals surface area (Å²) in [5.74, 6) is -0.665. The zero-order chi connectivity index (χ0) is 21.6. The molecule has 9 heteroatoms. The Hall–Kier alpha value is -3.62. The third kappa shape index (κ3) is 5.93. The number of hydrogen-bond donors (Lipinski definition) is 1. The molecule has 0 aromatic heterocycles. The Balaban J connectivity index is 1.94. The van der Waals surface area contributed by atoms with E-state index in [1.54, 1.807) is 12.1 Å². The van der Waals surface area contributed by atoms with Crippen molar-refractivity contribution in [1.29, 1.82) is 0 Å². The lowest BCUT2D eigenvalue weighted by molar-refractivity contribution is -0.384. The van der Waals surface area contributed by atoms with E-state index >= 15 is 0 Å². The quantitative estimate of drug-likeness (QED) is 0.409. The van der Waals surface area contributed by atoms with Gasteiger partial charge in [-0.3, -0.25) is 14.9 Å². The smallest absolute Gasteiger partial charge is 0.344 e. The van der Waals surface area contributed by atoms with Crippen LogP contribution in [0.15, 0.2) is 36.4 Å². The van der Waals surface area contributed by atoms with Gasteiger partial charge in [-0.15, -0.1) is 0 Å². The number of methoxy groups -OCH3 is 1. The van der Waals surface area contributed by atoms with Crippen LogP contribution in [0.1, 0.15) is 18.1 Å². The van der Waals surface area contributed by atoms with E-state index in [0.717, 1.165) is 11.1 Å². The van der Waals surface area contributed by atoms with Crippen LogP contribution in [0.3, 0.4) is 0 Å². The van der Waals surface area contributed by atoms with Crippen molar-refractivity contribution >= 4 is 23.3 Å². The molecule has 29 heavy (non-hydrogen) atoms. The Kier molecular flexibility index (Phi) is 7.13. The number of nitrogens with one attached hydrogen (secondary N) is 1. The van der Waals surface area contributed by atoms with E-state index in [1.165, 1.54) is 32.2 Å². The lowest BCUT2D eigenvalue weighted by Crippen LogP contribution is -2.31. The molecular formula is C20H22N2O7. The molecule has 0 aliphatic carbocycles. The number of esters is 1. The molecule has 0 fully saturated rings. The zero-order valence-corrected chi connectivity index (χ0v) is 16.6. The summed E-state index contributed by atoms with van der Waals surface area (Å²) >= 11 is 0. The summed E-state index contributed by atoms with van der Waals surface area (Å²) in [6, 6.07) is 9.39. The maximum atomic E-state index is 12.3. The van der Waals surface area contributed by atoms with Crippen molar-refractivity contribution in [2.24, 2.45) is 0 Å². The third-order valence-corrected chi connectivity index (χ3v) is 4.17. The summed E-state index contributed by atoms with van der Waals surface area (Å²) in [5.41, 5.74) is 1.74. The van der Waals surface area contributed by atoms with Crippen LogP contribution in [0.4, 0.5) is 11.4 Å². The van der Waals surface area contributed by atoms with Gasteiger partial charge in [-0.05, 0) is 56.2 Å². The topological polar surface area (TPSA) is 117 Å². The van der Waals surface area contributed by atoms with Crippen molar-refractivity contribution < 1.29 is 28.7 Å². The lowest BCUT2D eigenvalue weighted by atomic mass is 10.1. The molecule has 1 unspecified atom stereocenters. The number of benzene rings is 2. The molecule has 0 spiro atoms. The van der Waals surface area contributed by atoms with Crippen LogP contribution in [0.25, 0.3) is 0 Å². The van der Waals surface area contributed by atoms with Gasteiger partial charge in [-0.25, -0.2) is 4.79 Å². The first-order chi connectivity index (χ1) is 13.7. The second-order valence-corrected chi connectivity index (χ2v) is 6.30. The lowest BCUT2D eigenvalue weighted by Gasteiger charge is -2.14. The van der Waals surface area contributed by atoms with E-state index in [2.05, 4.69) is 5.32 Å². The second-order valence-electron chi connectivity index (χ2n) is 6.30. The number of carbonyl (C=O) groups excluding carboxylic acids is 2. The van der Waals surface area contributed by atoms with E-state index in [-0.39, 0.29) is 23.7 Å². The fourth-order valence-electron chi connectivity index (χ4n) is 2.36. The van der Waals surface area contributed by atoms with Gasteiger partial charge >= 0.3 is 5.97 Å². The molecule has 0 aliphatic heterocycles. The van der Waals surface area contributed by atoms with Crippen LogP contribution in [0, 0.1) is 24.0 Å². The minimum Gasteiger partial charge on any atom is -0.496 e. The van der Waals surface area contributed by atoms with Gasteiger partial charge < -0.3 is 19.5 Å². The molecule has 0 aliphatic rings. The van der Waals surface area contributed by atoms with Gasteiger partial charge in [-0.2, -0.15) is 0 Å². The number of rotatable bonds is 8. The molecule has 2 rings (SSSR count). The van der Waals surface area contributed by atoms with Gasteiger partial charge in [0, 0.05) is 0 Å². The fourth-order valence-corrected chi connectivity index (χ4v) is 2.36. The van der Waals surface area contributed by atoms with Crippen molar-refractivity contribution in [2.45, 2.75) is 26.9 Å². The third-order valence-electron chi connectivity index (χ3n) is 4.17. The largest absolute Gasteiger partial charge is 0.496 e. The highest BCUT2D eigenvalue weighted by molar-refractivity contribution is 5.97. The predicted molar refractivity (Wildman–Crippen MR) is 105 cm³/mol. The molecule has 1 atom stereocenters. The molecule has 9 nitrogen and oxygen atoms in total. The molecule has 1 amide bonds. The number of nitro benzene ring substituents is 1. The normalized spacial score (nSPS) is 11.3. The van der Waals surface area contributed by atoms with Gasteiger partial charge in [0.2, 0.25) is 0 Å². The fraction of sp³-hybridized carbons (Fsp3) is 0.300. The number of hydrogen-bond acceptors (Lipinski definition) is 7. The summed E-state index contributed by atoms with van der Waals surface area (Å²) in [7, 11) is 1.37. The molecule has 0 heterocycles. The van der Waals surface area contributed by atoms with Crippen LogP contribution in [-0.2, 0) is 14.3 Å². The number of ether oxygens (including phenoxy) is 3. The first-order valence-electron chi connectivity index (χ1n) is 8.74. The SMILES string of the molecule is COc1ccc(NC(=O)C(C)OC(=O)COc2ccc(C)c(C)c2)c([N+](=O)[O-])c1. The molecular weight excluding hydrogens is 380 g/mol. The zero-order valence-electron chi connectivity index (χ0n) is 16.6. The van der Waals surface area contributed by atoms with E-state index in [9.17, 15) is 19.7 Å². The van der Waals surface area contributed by atoms with Crippen LogP contribution in [0.5, 0.6) is 11.5 Å². The Morgan fingerprint density at radius 1 is 1.10 bits per heavy atom. The first-order valence-corrected chi connectivity index (χ1v) is 8.74. The molecule has 0 radical (unpaired) electrons. The molecule has 0 bridgehead atoms. The van der Waals surface area contributed by atoms with Crippen molar-refractivity contribution in [2.75, 3.05) is 19.0 Å². The van der Waals surface area contributed by atoms with Crippen molar-refractivity contribution in [1.82, 2.24) is 0 Å². The first kappa shape index (κ1) is 21.7. The monoisotopic (exact) mass is 402 g/mol. The minimum absolute atomic E-state index is 0.0323. The summed E-state index contributed by atoms with van der Waals surface area (Å²) in [6.45, 7) is 4.87. The van der Waals surface area contributed by atoms with Crippen LogP contribution < -0.4 is 14.8 Å². The van der Waals surface area contributed by atoms with Crippen molar-refractivity contribution in [3.05, 3.63) is 57.6 Å². The number of carbonyl (C=O) groups is 2. The van der Waals surface area contributed by atoms with E-state index in [1.807, 2.05) is 19.9 Å². The van der Waals surface area contributed by atoms with Crippen molar-refractivity contribution in [3.8, 4) is 11.5 Å². The minimum atomic E-state index is -1.17. The van der Waals surface area contributed by atoms with E-state index < -0.39 is 22.9 Å².